The molecule has 0 aliphatic carbocycles. The van der Waals surface area contributed by atoms with Crippen molar-refractivity contribution in [1.82, 2.24) is 10.6 Å². The van der Waals surface area contributed by atoms with Gasteiger partial charge in [0.1, 0.15) is 13.2 Å². The van der Waals surface area contributed by atoms with Gasteiger partial charge in [-0.15, -0.1) is 0 Å². The van der Waals surface area contributed by atoms with Gasteiger partial charge in [0.15, 0.2) is 0 Å². The van der Waals surface area contributed by atoms with Crippen LogP contribution in [0.3, 0.4) is 0 Å². The molecule has 0 aliphatic heterocycles. The van der Waals surface area contributed by atoms with Crippen molar-refractivity contribution in [3.63, 3.8) is 0 Å². The molecule has 0 fully saturated rings. The van der Waals surface area contributed by atoms with Gasteiger partial charge in [-0.1, -0.05) is 13.2 Å². The molecule has 0 atom stereocenters. The van der Waals surface area contributed by atoms with Crippen LogP contribution in [0, 0.1) is 0 Å². The van der Waals surface area contributed by atoms with Gasteiger partial charge in [0.2, 0.25) is 0 Å². The van der Waals surface area contributed by atoms with Gasteiger partial charge in [-0.3, -0.25) is 0 Å². The summed E-state index contributed by atoms with van der Waals surface area (Å²) in [4.78, 5) is 45.0. The molecule has 0 aliphatic rings. The van der Waals surface area contributed by atoms with Crippen molar-refractivity contribution in [2.24, 2.45) is 0 Å². The number of carbonyl (C=O) groups excluding carboxylic acids is 4. The Morgan fingerprint density at radius 1 is 0.621 bits per heavy atom. The van der Waals surface area contributed by atoms with Gasteiger partial charge < -0.3 is 29.6 Å². The number of rotatable bonds is 14. The van der Waals surface area contributed by atoms with Crippen molar-refractivity contribution in [3.05, 3.63) is 24.3 Å². The lowest BCUT2D eigenvalue weighted by molar-refractivity contribution is -0.139. The monoisotopic (exact) mass is 414 g/mol. The summed E-state index contributed by atoms with van der Waals surface area (Å²) < 4.78 is 19.5. The minimum atomic E-state index is -0.598. The van der Waals surface area contributed by atoms with Gasteiger partial charge in [0.25, 0.3) is 0 Å². The molecule has 10 heteroatoms. The van der Waals surface area contributed by atoms with Crippen LogP contribution in [0.15, 0.2) is 24.3 Å². The normalized spacial score (nSPS) is 9.72. The van der Waals surface area contributed by atoms with Crippen LogP contribution in [0.5, 0.6) is 0 Å². The van der Waals surface area contributed by atoms with Crippen molar-refractivity contribution < 1.29 is 38.1 Å². The summed E-state index contributed by atoms with van der Waals surface area (Å²) in [7, 11) is 0. The number of alkyl carbamates (subject to hydrolysis) is 2. The van der Waals surface area contributed by atoms with E-state index in [1.54, 1.807) is 0 Å². The average Bonchev–Trinajstić information content (AvgIpc) is 2.67. The molecule has 164 valence electrons. The second-order valence-electron chi connectivity index (χ2n) is 6.02. The molecule has 0 spiro atoms. The first-order valence-corrected chi connectivity index (χ1v) is 9.20. The van der Waals surface area contributed by atoms with E-state index in [0.717, 1.165) is 0 Å². The molecular formula is C19H30N2O8. The molecule has 0 saturated carbocycles. The molecule has 0 aromatic rings. The molecule has 2 N–H and O–H groups in total. The van der Waals surface area contributed by atoms with Crippen molar-refractivity contribution in [2.45, 2.75) is 33.1 Å². The fourth-order valence-electron chi connectivity index (χ4n) is 1.65. The minimum absolute atomic E-state index is 0.0382. The van der Waals surface area contributed by atoms with Crippen molar-refractivity contribution in [3.8, 4) is 0 Å². The van der Waals surface area contributed by atoms with E-state index in [2.05, 4.69) is 23.8 Å². The summed E-state index contributed by atoms with van der Waals surface area (Å²) in [5, 5.41) is 4.90. The number of carbonyl (C=O) groups is 4. The predicted octanol–water partition coefficient (Wildman–Crippen LogP) is 1.85. The number of hydrogen-bond donors (Lipinski definition) is 2. The summed E-state index contributed by atoms with van der Waals surface area (Å²) in [5.74, 6) is -1.02. The maximum Gasteiger partial charge on any atom is 0.407 e. The fraction of sp³-hybridized carbons (Fsp3) is 0.579. The van der Waals surface area contributed by atoms with Gasteiger partial charge in [0, 0.05) is 11.1 Å². The van der Waals surface area contributed by atoms with E-state index in [9.17, 15) is 19.2 Å². The predicted molar refractivity (Wildman–Crippen MR) is 104 cm³/mol. The third kappa shape index (κ3) is 15.7. The van der Waals surface area contributed by atoms with Crippen LogP contribution < -0.4 is 10.6 Å². The molecule has 0 rings (SSSR count). The first-order valence-electron chi connectivity index (χ1n) is 9.20. The van der Waals surface area contributed by atoms with E-state index in [1.165, 1.54) is 13.8 Å². The molecule has 0 heterocycles. The Bertz CT molecular complexity index is 539. The smallest absolute Gasteiger partial charge is 0.407 e. The molecule has 10 nitrogen and oxygen atoms in total. The Labute approximate surface area is 170 Å². The van der Waals surface area contributed by atoms with E-state index in [4.69, 9.17) is 18.9 Å². The van der Waals surface area contributed by atoms with Crippen LogP contribution in [0.2, 0.25) is 0 Å². The number of hydrogen-bond acceptors (Lipinski definition) is 8. The topological polar surface area (TPSA) is 129 Å². The SMILES string of the molecule is C=C(C)C(=O)OCCNC(=O)OCCCCCOC(=O)NCCOC(=O)C(=C)C. The van der Waals surface area contributed by atoms with Crippen molar-refractivity contribution in [1.29, 1.82) is 0 Å². The lowest BCUT2D eigenvalue weighted by Gasteiger charge is -2.09. The number of amides is 2. The third-order valence-electron chi connectivity index (χ3n) is 3.16. The van der Waals surface area contributed by atoms with Crippen LogP contribution in [0.1, 0.15) is 33.1 Å². The quantitative estimate of drug-likeness (QED) is 0.191. The lowest BCUT2D eigenvalue weighted by atomic mass is 10.2. The van der Waals surface area contributed by atoms with Gasteiger partial charge >= 0.3 is 24.1 Å². The summed E-state index contributed by atoms with van der Waals surface area (Å²) in [5.41, 5.74) is 0.580. The number of nitrogens with one attached hydrogen (secondary N) is 2. The zero-order valence-electron chi connectivity index (χ0n) is 17.0. The molecule has 0 saturated heterocycles. The van der Waals surface area contributed by atoms with E-state index in [1.807, 2.05) is 0 Å². The summed E-state index contributed by atoms with van der Waals surface area (Å²) in [6, 6.07) is 0. The zero-order valence-corrected chi connectivity index (χ0v) is 17.0. The Kier molecular flexibility index (Phi) is 14.3. The average molecular weight is 414 g/mol. The second kappa shape index (κ2) is 16.0. The first-order chi connectivity index (χ1) is 13.7. The highest BCUT2D eigenvalue weighted by Gasteiger charge is 2.06. The summed E-state index contributed by atoms with van der Waals surface area (Å²) >= 11 is 0. The van der Waals surface area contributed by atoms with E-state index in [0.29, 0.717) is 19.3 Å². The van der Waals surface area contributed by atoms with Crippen molar-refractivity contribution >= 4 is 24.1 Å². The van der Waals surface area contributed by atoms with Crippen LogP contribution >= 0.6 is 0 Å². The second-order valence-corrected chi connectivity index (χ2v) is 6.02. The van der Waals surface area contributed by atoms with Gasteiger partial charge in [0.05, 0.1) is 26.3 Å². The number of esters is 2. The van der Waals surface area contributed by atoms with Crippen LogP contribution in [-0.2, 0) is 28.5 Å². The molecule has 0 aromatic heterocycles. The maximum absolute atomic E-state index is 11.4. The molecule has 0 radical (unpaired) electrons. The van der Waals surface area contributed by atoms with Gasteiger partial charge in [-0.05, 0) is 33.1 Å². The van der Waals surface area contributed by atoms with E-state index in [-0.39, 0.29) is 50.7 Å². The highest BCUT2D eigenvalue weighted by atomic mass is 16.6. The standard InChI is InChI=1S/C19H30N2O8/c1-14(2)16(22)26-12-8-20-18(24)28-10-6-5-7-11-29-19(25)21-9-13-27-17(23)15(3)4/h1,3,5-13H2,2,4H3,(H,20,24)(H,21,25). The van der Waals surface area contributed by atoms with Crippen LogP contribution in [0.4, 0.5) is 9.59 Å². The summed E-state index contributed by atoms with van der Waals surface area (Å²) in [6.07, 6.45) is 0.728. The molecule has 29 heavy (non-hydrogen) atoms. The van der Waals surface area contributed by atoms with Gasteiger partial charge in [-0.2, -0.15) is 0 Å². The van der Waals surface area contributed by atoms with Crippen LogP contribution in [0.25, 0.3) is 0 Å². The minimum Gasteiger partial charge on any atom is -0.460 e. The number of unbranched alkanes of at least 4 members (excludes halogenated alkanes) is 2. The first kappa shape index (κ1) is 26.0. The molecular weight excluding hydrogens is 384 g/mol. The molecule has 0 bridgehead atoms. The third-order valence-corrected chi connectivity index (χ3v) is 3.16. The maximum atomic E-state index is 11.4. The van der Waals surface area contributed by atoms with E-state index >= 15 is 0 Å². The molecule has 0 aromatic carbocycles. The van der Waals surface area contributed by atoms with E-state index < -0.39 is 24.1 Å². The zero-order chi connectivity index (χ0) is 22.1. The Balaban J connectivity index is 3.47. The Morgan fingerprint density at radius 2 is 1.00 bits per heavy atom. The highest BCUT2D eigenvalue weighted by Crippen LogP contribution is 1.97. The fourth-order valence-corrected chi connectivity index (χ4v) is 1.65. The van der Waals surface area contributed by atoms with Crippen LogP contribution in [-0.4, -0.2) is 63.6 Å². The largest absolute Gasteiger partial charge is 0.460 e. The Morgan fingerprint density at radius 3 is 1.34 bits per heavy atom. The lowest BCUT2D eigenvalue weighted by Crippen LogP contribution is -2.29. The van der Waals surface area contributed by atoms with Crippen molar-refractivity contribution in [2.75, 3.05) is 39.5 Å². The number of ether oxygens (including phenoxy) is 4. The van der Waals surface area contributed by atoms with Gasteiger partial charge in [-0.25, -0.2) is 19.2 Å². The highest BCUT2D eigenvalue weighted by molar-refractivity contribution is 5.87. The Hall–Kier alpha value is -3.04. The molecule has 0 unspecified atom stereocenters. The summed E-state index contributed by atoms with van der Waals surface area (Å²) in [6.45, 7) is 10.8. The molecule has 2 amide bonds.